The number of aliphatic imine (C=N–C) groups is 2. The van der Waals surface area contributed by atoms with E-state index in [1.165, 1.54) is 27.8 Å². The van der Waals surface area contributed by atoms with Crippen molar-refractivity contribution >= 4 is 81.1 Å². The zero-order chi connectivity index (χ0) is 43.0. The first-order valence-electron chi connectivity index (χ1n) is 21.5. The van der Waals surface area contributed by atoms with Gasteiger partial charge in [0.25, 0.3) is 0 Å². The molecule has 1 aliphatic carbocycles. The van der Waals surface area contributed by atoms with Gasteiger partial charge in [0.2, 0.25) is 0 Å². The van der Waals surface area contributed by atoms with Crippen LogP contribution in [0.1, 0.15) is 110 Å². The van der Waals surface area contributed by atoms with Gasteiger partial charge in [0.05, 0.1) is 39.9 Å². The summed E-state index contributed by atoms with van der Waals surface area (Å²) < 4.78 is 0. The van der Waals surface area contributed by atoms with Crippen molar-refractivity contribution in [3.05, 3.63) is 187 Å². The number of hydrogen-bond donors (Lipinski definition) is 0. The third-order valence-corrected chi connectivity index (χ3v) is 12.3. The Labute approximate surface area is 403 Å². The maximum absolute atomic E-state index is 5.16. The first-order chi connectivity index (χ1) is 30.5. The summed E-state index contributed by atoms with van der Waals surface area (Å²) in [5, 5.41) is 2.14. The molecule has 0 fully saturated rings. The summed E-state index contributed by atoms with van der Waals surface area (Å²) in [6, 6.07) is 27.3. The van der Waals surface area contributed by atoms with Crippen LogP contribution >= 0.6 is 0 Å². The number of nitrogens with zero attached hydrogens (tertiary/aromatic N) is 8. The Bertz CT molecular complexity index is 3390. The summed E-state index contributed by atoms with van der Waals surface area (Å²) in [5.74, 6) is 0.00722. The summed E-state index contributed by atoms with van der Waals surface area (Å²) in [7, 11) is 0. The van der Waals surface area contributed by atoms with Crippen LogP contribution in [0.5, 0.6) is 0 Å². The van der Waals surface area contributed by atoms with Crippen LogP contribution in [-0.2, 0) is 50.8 Å². The molecule has 5 aliphatic heterocycles. The first-order valence-corrected chi connectivity index (χ1v) is 21.5. The minimum absolute atomic E-state index is 0. The summed E-state index contributed by atoms with van der Waals surface area (Å²) in [5.41, 5.74) is 21.4. The second-order valence-corrected chi connectivity index (χ2v) is 17.7. The zero-order valence-electron chi connectivity index (χ0n) is 37.6. The monoisotopic (exact) mass is 944 g/mol. The van der Waals surface area contributed by atoms with Gasteiger partial charge in [-0.3, -0.25) is 9.98 Å². The molecule has 16 bridgehead atoms. The van der Waals surface area contributed by atoms with Gasteiger partial charge in [0.1, 0.15) is 0 Å². The summed E-state index contributed by atoms with van der Waals surface area (Å²) >= 11 is 0. The number of aromatic nitrogens is 6. The Balaban J connectivity index is 0.000000160. The molecule has 10 heteroatoms. The Morgan fingerprint density at radius 2 is 1.18 bits per heavy atom. The van der Waals surface area contributed by atoms with Gasteiger partial charge in [-0.25, -0.2) is 9.97 Å². The van der Waals surface area contributed by atoms with E-state index in [4.69, 9.17) is 39.9 Å². The minimum atomic E-state index is -0.133. The van der Waals surface area contributed by atoms with Crippen LogP contribution in [0.4, 0.5) is 0 Å². The van der Waals surface area contributed by atoms with Crippen molar-refractivity contribution in [3.8, 4) is 0 Å². The van der Waals surface area contributed by atoms with Crippen molar-refractivity contribution < 1.29 is 39.0 Å². The molecule has 0 N–H and O–H groups in total. The largest absolute Gasteiger partial charge is 2.00 e. The van der Waals surface area contributed by atoms with E-state index in [1.54, 1.807) is 0 Å². The number of fused-ring (bicyclic) bond motifs is 16. The Morgan fingerprint density at radius 1 is 0.569 bits per heavy atom. The molecule has 6 aromatic rings. The number of rotatable bonds is 0. The second kappa shape index (κ2) is 17.2. The number of hydrogen-bond acceptors (Lipinski definition) is 4. The van der Waals surface area contributed by atoms with E-state index in [2.05, 4.69) is 145 Å². The molecule has 10 heterocycles. The van der Waals surface area contributed by atoms with Crippen LogP contribution < -0.4 is 30.4 Å². The van der Waals surface area contributed by atoms with Gasteiger partial charge in [-0.2, -0.15) is 5.69 Å². The molecule has 1 aromatic carbocycles. The van der Waals surface area contributed by atoms with Crippen molar-refractivity contribution in [1.29, 1.82) is 0 Å². The quantitative estimate of drug-likeness (QED) is 0.140. The summed E-state index contributed by atoms with van der Waals surface area (Å²) in [4.78, 5) is 39.2. The standard InChI is InChI=1S/C29H22N4.C26H22N4.2Zn/c1-29(2)24-6-4-3-5-23(24)27-26-12-11-21(32-26)14-19-8-7-17(30-19)13-18-9-10-20(31-18)15-22-16-25(29)28(27)33-22;1-15(2)25-21-9-5-17(27-21)13-19-7-11-23(29-19)26(16(3)4)24-12-8-20(30-24)14-18-6-10-22(25)28-18;;/h3-12,14-16,27H,13H2,1-2H3;5-14H,1-4H3;;/q2*-2;2*+2. The van der Waals surface area contributed by atoms with Gasteiger partial charge in [-0.1, -0.05) is 122 Å². The molecule has 1 atom stereocenters. The molecule has 12 rings (SSSR count). The Kier molecular flexibility index (Phi) is 11.6. The van der Waals surface area contributed by atoms with Gasteiger partial charge in [-0.05, 0) is 104 Å². The Hall–Kier alpha value is -6.33. The summed E-state index contributed by atoms with van der Waals surface area (Å²) in [6.45, 7) is 13.0. The van der Waals surface area contributed by atoms with E-state index in [0.29, 0.717) is 0 Å². The fourth-order valence-corrected chi connectivity index (χ4v) is 9.46. The van der Waals surface area contributed by atoms with Gasteiger partial charge in [-0.15, -0.1) is 39.1 Å². The molecule has 308 valence electrons. The van der Waals surface area contributed by atoms with Gasteiger partial charge >= 0.3 is 39.0 Å². The summed E-state index contributed by atoms with van der Waals surface area (Å²) in [6.07, 6.45) is 21.4. The van der Waals surface area contributed by atoms with Gasteiger partial charge < -0.3 is 19.9 Å². The van der Waals surface area contributed by atoms with E-state index in [1.807, 2.05) is 36.4 Å². The predicted octanol–water partition coefficient (Wildman–Crippen LogP) is 9.62. The van der Waals surface area contributed by atoms with Crippen LogP contribution in [0, 0.1) is 0 Å². The van der Waals surface area contributed by atoms with Crippen molar-refractivity contribution in [2.45, 2.75) is 59.3 Å². The molecule has 0 spiro atoms. The zero-order valence-corrected chi connectivity index (χ0v) is 43.5. The van der Waals surface area contributed by atoms with E-state index in [0.717, 1.165) is 107 Å². The normalized spacial score (nSPS) is 16.6. The van der Waals surface area contributed by atoms with Crippen molar-refractivity contribution in [1.82, 2.24) is 29.9 Å². The number of allylic oxidation sites excluding steroid dienone is 4. The second-order valence-electron chi connectivity index (χ2n) is 17.7. The van der Waals surface area contributed by atoms with Crippen LogP contribution in [-0.4, -0.2) is 21.4 Å². The van der Waals surface area contributed by atoms with Crippen LogP contribution in [0.3, 0.4) is 0 Å². The fraction of sp³-hybridized carbons (Fsp3) is 0.164. The average molecular weight is 948 g/mol. The number of benzene rings is 1. The molecule has 65 heavy (non-hydrogen) atoms. The van der Waals surface area contributed by atoms with Gasteiger partial charge in [0, 0.05) is 17.0 Å². The van der Waals surface area contributed by atoms with Crippen molar-refractivity contribution in [3.63, 3.8) is 0 Å². The van der Waals surface area contributed by atoms with E-state index >= 15 is 0 Å². The van der Waals surface area contributed by atoms with Crippen LogP contribution in [0.15, 0.2) is 125 Å². The molecule has 0 saturated carbocycles. The van der Waals surface area contributed by atoms with E-state index in [-0.39, 0.29) is 50.3 Å². The first kappa shape index (κ1) is 43.9. The SMILES string of the molecule is CC(C)=c1c2nc(cc3ccc([n-]3)c(=C(C)C)c3nc(cc4ccc1[n-]4)C=C3)C=C2.CC1(C)c2ccccc2C2C3=NC(=Cc4ccc([n-]4)CC4=NC(=Cc5cc1c2[n-]5)C=C4)C=C3.[Zn+2].[Zn+2]. The topological polar surface area (TPSA) is 107 Å². The third-order valence-electron chi connectivity index (χ3n) is 12.3. The van der Waals surface area contributed by atoms with E-state index < -0.39 is 0 Å². The molecule has 1 unspecified atom stereocenters. The molecular weight excluding hydrogens is 903 g/mol. The molecular formula is C55H44N8Zn2. The van der Waals surface area contributed by atoms with Gasteiger partial charge in [0.15, 0.2) is 0 Å². The fourth-order valence-electron chi connectivity index (χ4n) is 9.46. The minimum Gasteiger partial charge on any atom is -0.661 e. The average Bonchev–Trinajstić information content (AvgIpc) is 4.09. The molecule has 5 aromatic heterocycles. The van der Waals surface area contributed by atoms with Crippen molar-refractivity contribution in [2.75, 3.05) is 0 Å². The van der Waals surface area contributed by atoms with E-state index in [9.17, 15) is 0 Å². The maximum atomic E-state index is 5.16. The molecule has 0 saturated heterocycles. The third kappa shape index (κ3) is 8.20. The maximum Gasteiger partial charge on any atom is 2.00 e. The molecule has 0 radical (unpaired) electrons. The smallest absolute Gasteiger partial charge is 0.661 e. The Morgan fingerprint density at radius 3 is 1.85 bits per heavy atom. The molecule has 0 amide bonds. The van der Waals surface area contributed by atoms with Crippen LogP contribution in [0.2, 0.25) is 0 Å². The van der Waals surface area contributed by atoms with Crippen molar-refractivity contribution in [2.24, 2.45) is 9.98 Å². The molecule has 6 aliphatic rings. The van der Waals surface area contributed by atoms with Crippen LogP contribution in [0.25, 0.3) is 69.7 Å². The predicted molar refractivity (Wildman–Crippen MR) is 258 cm³/mol. The molecule has 8 nitrogen and oxygen atoms in total.